The van der Waals surface area contributed by atoms with E-state index in [1.54, 1.807) is 24.3 Å². The Kier molecular flexibility index (Phi) is 4.69. The van der Waals surface area contributed by atoms with E-state index in [1.165, 1.54) is 18.2 Å². The van der Waals surface area contributed by atoms with Gasteiger partial charge in [-0.3, -0.25) is 4.84 Å². The summed E-state index contributed by atoms with van der Waals surface area (Å²) in [4.78, 5) is 17.4. The van der Waals surface area contributed by atoms with Gasteiger partial charge in [0, 0.05) is 0 Å². The number of hydrogen-bond donors (Lipinski definition) is 1. The van der Waals surface area contributed by atoms with E-state index in [0.29, 0.717) is 0 Å². The van der Waals surface area contributed by atoms with Crippen molar-refractivity contribution in [2.45, 2.75) is 11.5 Å². The number of carbonyl (C=O) groups excluding carboxylic acids is 1. The van der Waals surface area contributed by atoms with Crippen molar-refractivity contribution in [2.24, 2.45) is 0 Å². The molecule has 2 aromatic carbocycles. The third-order valence-electron chi connectivity index (χ3n) is 2.63. The molecule has 0 amide bonds. The number of hydrogen-bond acceptors (Lipinski definition) is 5. The number of sulfonamides is 1. The summed E-state index contributed by atoms with van der Waals surface area (Å²) in [5, 5.41) is 10.7. The average molecular weight is 306 g/mol. The van der Waals surface area contributed by atoms with Crippen LogP contribution >= 0.6 is 0 Å². The lowest BCUT2D eigenvalue weighted by Crippen LogP contribution is -2.26. The summed E-state index contributed by atoms with van der Waals surface area (Å²) in [6, 6.07) is 13.8. The fraction of sp³-hybridized carbons (Fsp3) is 0.0714. The van der Waals surface area contributed by atoms with Crippen LogP contribution in [0.2, 0.25) is 0 Å². The van der Waals surface area contributed by atoms with Crippen LogP contribution in [0.15, 0.2) is 59.5 Å². The maximum absolute atomic E-state index is 11.9. The van der Waals surface area contributed by atoms with Gasteiger partial charge in [-0.25, -0.2) is 8.42 Å². The van der Waals surface area contributed by atoms with Gasteiger partial charge in [0.2, 0.25) is 0 Å². The van der Waals surface area contributed by atoms with Crippen molar-refractivity contribution in [1.82, 2.24) is 4.89 Å². The van der Waals surface area contributed by atoms with E-state index in [9.17, 15) is 18.3 Å². The number of aromatic carboxylic acids is 1. The first kappa shape index (κ1) is 15.2. The number of nitrogens with one attached hydrogen (secondary N) is 1. The highest BCUT2D eigenvalue weighted by Gasteiger charge is 2.14. The molecule has 0 unspecified atom stereocenters. The third kappa shape index (κ3) is 4.12. The molecular weight excluding hydrogens is 294 g/mol. The minimum absolute atomic E-state index is 0.0558. The Balaban J connectivity index is 2.05. The van der Waals surface area contributed by atoms with Crippen molar-refractivity contribution in [3.05, 3.63) is 65.7 Å². The van der Waals surface area contributed by atoms with E-state index in [-0.39, 0.29) is 17.1 Å². The molecule has 0 atom stereocenters. The first-order valence-electron chi connectivity index (χ1n) is 5.98. The molecule has 6 nitrogen and oxygen atoms in total. The van der Waals surface area contributed by atoms with Gasteiger partial charge in [0.1, 0.15) is 0 Å². The van der Waals surface area contributed by atoms with Gasteiger partial charge in [0.25, 0.3) is 10.0 Å². The Bertz CT molecular complexity index is 728. The van der Waals surface area contributed by atoms with Crippen molar-refractivity contribution in [3.8, 4) is 0 Å². The molecule has 0 bridgehead atoms. The smallest absolute Gasteiger partial charge is 0.262 e. The van der Waals surface area contributed by atoms with E-state index in [2.05, 4.69) is 0 Å². The molecule has 0 saturated carbocycles. The number of rotatable bonds is 6. The van der Waals surface area contributed by atoms with Crippen molar-refractivity contribution in [1.29, 1.82) is 0 Å². The molecule has 0 saturated heterocycles. The highest BCUT2D eigenvalue weighted by Crippen LogP contribution is 2.11. The van der Waals surface area contributed by atoms with E-state index in [4.69, 9.17) is 4.84 Å². The van der Waals surface area contributed by atoms with E-state index in [1.807, 2.05) is 11.0 Å². The fourth-order valence-electron chi connectivity index (χ4n) is 1.60. The van der Waals surface area contributed by atoms with E-state index < -0.39 is 16.0 Å². The van der Waals surface area contributed by atoms with Crippen molar-refractivity contribution in [2.75, 3.05) is 0 Å². The second-order valence-corrected chi connectivity index (χ2v) is 5.82. The van der Waals surface area contributed by atoms with E-state index >= 15 is 0 Å². The molecule has 1 N–H and O–H groups in total. The van der Waals surface area contributed by atoms with Crippen LogP contribution in [0, 0.1) is 0 Å². The third-order valence-corrected chi connectivity index (χ3v) is 3.84. The van der Waals surface area contributed by atoms with Gasteiger partial charge in [-0.1, -0.05) is 47.3 Å². The van der Waals surface area contributed by atoms with Crippen LogP contribution in [0.5, 0.6) is 0 Å². The van der Waals surface area contributed by atoms with Crippen LogP contribution in [-0.2, 0) is 21.5 Å². The molecule has 7 heteroatoms. The maximum Gasteiger partial charge on any atom is 0.262 e. The maximum atomic E-state index is 11.9. The number of carbonyl (C=O) groups is 1. The zero-order valence-corrected chi connectivity index (χ0v) is 11.7. The molecule has 0 aliphatic rings. The summed E-state index contributed by atoms with van der Waals surface area (Å²) >= 11 is 0. The Hall–Kier alpha value is -2.22. The molecular formula is C14H12NO5S-. The van der Waals surface area contributed by atoms with Crippen molar-refractivity contribution >= 4 is 16.0 Å². The Morgan fingerprint density at radius 3 is 2.48 bits per heavy atom. The molecule has 110 valence electrons. The largest absolute Gasteiger partial charge is 0.545 e. The zero-order valence-electron chi connectivity index (χ0n) is 10.9. The summed E-state index contributed by atoms with van der Waals surface area (Å²) in [6.45, 7) is 0.0558. The SMILES string of the molecule is O=C([O-])c1cccc(S(=O)(=O)NOCc2ccccc2)c1. The van der Waals surface area contributed by atoms with Crippen LogP contribution in [-0.4, -0.2) is 14.4 Å². The molecule has 0 fully saturated rings. The van der Waals surface area contributed by atoms with Gasteiger partial charge in [-0.2, -0.15) is 0 Å². The second kappa shape index (κ2) is 6.49. The topological polar surface area (TPSA) is 95.5 Å². The van der Waals surface area contributed by atoms with Crippen molar-refractivity contribution in [3.63, 3.8) is 0 Å². The lowest BCUT2D eigenvalue weighted by atomic mass is 10.2. The predicted molar refractivity (Wildman–Crippen MR) is 72.3 cm³/mol. The number of carboxylic acid groups (broad SMARTS) is 1. The van der Waals surface area contributed by atoms with Gasteiger partial charge in [-0.15, -0.1) is 0 Å². The van der Waals surface area contributed by atoms with Crippen LogP contribution in [0.25, 0.3) is 0 Å². The minimum atomic E-state index is -3.95. The first-order chi connectivity index (χ1) is 9.99. The summed E-state index contributed by atoms with van der Waals surface area (Å²) in [5.41, 5.74) is 0.574. The van der Waals surface area contributed by atoms with Crippen LogP contribution in [0.4, 0.5) is 0 Å². The molecule has 0 aliphatic heterocycles. The zero-order chi connectivity index (χ0) is 15.3. The monoisotopic (exact) mass is 306 g/mol. The highest BCUT2D eigenvalue weighted by atomic mass is 32.2. The van der Waals surface area contributed by atoms with Gasteiger partial charge in [0.15, 0.2) is 0 Å². The molecule has 0 aromatic heterocycles. The molecule has 0 radical (unpaired) electrons. The summed E-state index contributed by atoms with van der Waals surface area (Å²) in [5.74, 6) is -1.45. The predicted octanol–water partition coefficient (Wildman–Crippen LogP) is 0.460. The quantitative estimate of drug-likeness (QED) is 0.782. The Morgan fingerprint density at radius 1 is 1.10 bits per heavy atom. The average Bonchev–Trinajstić information content (AvgIpc) is 2.48. The normalized spacial score (nSPS) is 11.2. The Morgan fingerprint density at radius 2 is 1.81 bits per heavy atom. The second-order valence-electron chi connectivity index (χ2n) is 4.18. The van der Waals surface area contributed by atoms with E-state index in [0.717, 1.165) is 11.6 Å². The van der Waals surface area contributed by atoms with Crippen LogP contribution in [0.3, 0.4) is 0 Å². The van der Waals surface area contributed by atoms with Crippen molar-refractivity contribution < 1.29 is 23.2 Å². The van der Waals surface area contributed by atoms with Gasteiger partial charge < -0.3 is 9.90 Å². The molecule has 2 rings (SSSR count). The molecule has 21 heavy (non-hydrogen) atoms. The lowest BCUT2D eigenvalue weighted by molar-refractivity contribution is -0.255. The molecule has 0 aliphatic carbocycles. The molecule has 0 heterocycles. The number of benzene rings is 2. The highest BCUT2D eigenvalue weighted by molar-refractivity contribution is 7.89. The lowest BCUT2D eigenvalue weighted by Gasteiger charge is -2.09. The summed E-state index contributed by atoms with van der Waals surface area (Å²) in [7, 11) is -3.95. The first-order valence-corrected chi connectivity index (χ1v) is 7.46. The summed E-state index contributed by atoms with van der Waals surface area (Å²) in [6.07, 6.45) is 0. The van der Waals surface area contributed by atoms with Crippen LogP contribution < -0.4 is 9.99 Å². The Labute approximate surface area is 122 Å². The van der Waals surface area contributed by atoms with Gasteiger partial charge in [0.05, 0.1) is 17.5 Å². The molecule has 2 aromatic rings. The summed E-state index contributed by atoms with van der Waals surface area (Å²) < 4.78 is 23.9. The van der Waals surface area contributed by atoms with Gasteiger partial charge in [-0.05, 0) is 23.3 Å². The van der Waals surface area contributed by atoms with Crippen LogP contribution in [0.1, 0.15) is 15.9 Å². The minimum Gasteiger partial charge on any atom is -0.545 e. The fourth-order valence-corrected chi connectivity index (χ4v) is 2.45. The number of carboxylic acids is 1. The molecule has 0 spiro atoms. The van der Waals surface area contributed by atoms with Gasteiger partial charge >= 0.3 is 0 Å². The standard InChI is InChI=1S/C14H13NO5S/c16-14(17)12-7-4-8-13(9-12)21(18,19)15-20-10-11-5-2-1-3-6-11/h1-9,15H,10H2,(H,16,17)/p-1.